The number of benzene rings is 1. The molecule has 0 bridgehead atoms. The Morgan fingerprint density at radius 1 is 1.25 bits per heavy atom. The van der Waals surface area contributed by atoms with Gasteiger partial charge in [-0.1, -0.05) is 48.7 Å². The Morgan fingerprint density at radius 3 is 2.69 bits per heavy atom. The van der Waals surface area contributed by atoms with Crippen LogP contribution in [-0.4, -0.2) is 6.04 Å². The van der Waals surface area contributed by atoms with E-state index >= 15 is 0 Å². The molecule has 0 saturated heterocycles. The van der Waals surface area contributed by atoms with Gasteiger partial charge in [-0.25, -0.2) is 0 Å². The van der Waals surface area contributed by atoms with Gasteiger partial charge in [0.2, 0.25) is 0 Å². The predicted octanol–water partition coefficient (Wildman–Crippen LogP) is 4.44. The quantitative estimate of drug-likeness (QED) is 0.803. The van der Waals surface area contributed by atoms with Crippen LogP contribution in [0.4, 0.5) is 0 Å². The lowest BCUT2D eigenvalue weighted by atomic mass is 10.0. The number of hydrogen-bond donors (Lipinski definition) is 1. The van der Waals surface area contributed by atoms with E-state index in [0.717, 1.165) is 37.7 Å². The first-order chi connectivity index (χ1) is 7.65. The van der Waals surface area contributed by atoms with Crippen LogP contribution in [0.3, 0.4) is 0 Å². The van der Waals surface area contributed by atoms with Crippen molar-refractivity contribution in [3.63, 3.8) is 0 Å². The van der Waals surface area contributed by atoms with Crippen LogP contribution < -0.4 is 5.73 Å². The van der Waals surface area contributed by atoms with Gasteiger partial charge in [0.15, 0.2) is 0 Å². The molecule has 1 aromatic rings. The molecule has 0 aliphatic heterocycles. The number of rotatable bonds is 6. The minimum atomic E-state index is 0.322. The van der Waals surface area contributed by atoms with Crippen LogP contribution in [0.25, 0.3) is 0 Å². The fraction of sp³-hybridized carbons (Fsp3) is 0.538. The third kappa shape index (κ3) is 4.32. The van der Waals surface area contributed by atoms with Crippen molar-refractivity contribution in [1.29, 1.82) is 0 Å². The van der Waals surface area contributed by atoms with Crippen molar-refractivity contribution in [2.45, 2.75) is 45.1 Å². The molecule has 2 N–H and O–H groups in total. The Hall–Kier alpha value is -0.240. The second-order valence-electron chi connectivity index (χ2n) is 4.15. The van der Waals surface area contributed by atoms with Gasteiger partial charge in [-0.15, -0.1) is 0 Å². The van der Waals surface area contributed by atoms with Gasteiger partial charge in [0.25, 0.3) is 0 Å². The second kappa shape index (κ2) is 7.16. The molecule has 0 fully saturated rings. The van der Waals surface area contributed by atoms with E-state index in [9.17, 15) is 0 Å². The molecule has 0 aliphatic rings. The lowest BCUT2D eigenvalue weighted by Crippen LogP contribution is -2.19. The van der Waals surface area contributed by atoms with Crippen molar-refractivity contribution in [3.8, 4) is 0 Å². The highest BCUT2D eigenvalue weighted by Gasteiger charge is 2.05. The lowest BCUT2D eigenvalue weighted by molar-refractivity contribution is 0.539. The summed E-state index contributed by atoms with van der Waals surface area (Å²) < 4.78 is 0. The number of hydrogen-bond acceptors (Lipinski definition) is 1. The Balaban J connectivity index is 2.40. The van der Waals surface area contributed by atoms with Crippen molar-refractivity contribution in [3.05, 3.63) is 33.8 Å². The van der Waals surface area contributed by atoms with E-state index in [0.29, 0.717) is 16.1 Å². The molecule has 90 valence electrons. The Morgan fingerprint density at radius 2 is 2.00 bits per heavy atom. The molecule has 1 atom stereocenters. The maximum Gasteiger partial charge on any atom is 0.0624 e. The first-order valence-electron chi connectivity index (χ1n) is 5.83. The van der Waals surface area contributed by atoms with E-state index in [4.69, 9.17) is 28.9 Å². The van der Waals surface area contributed by atoms with E-state index in [1.54, 1.807) is 0 Å². The van der Waals surface area contributed by atoms with E-state index in [2.05, 4.69) is 6.92 Å². The zero-order valence-electron chi connectivity index (χ0n) is 9.68. The number of halogens is 2. The minimum absolute atomic E-state index is 0.322. The molecule has 0 aromatic heterocycles. The molecule has 1 unspecified atom stereocenters. The largest absolute Gasteiger partial charge is 0.328 e. The van der Waals surface area contributed by atoms with Gasteiger partial charge in [0.05, 0.1) is 10.0 Å². The molecule has 3 heteroatoms. The van der Waals surface area contributed by atoms with E-state index in [1.165, 1.54) is 0 Å². The SMILES string of the molecule is CCCC(N)CCCc1cccc(Cl)c1Cl. The van der Waals surface area contributed by atoms with Gasteiger partial charge < -0.3 is 5.73 Å². The van der Waals surface area contributed by atoms with Gasteiger partial charge in [0, 0.05) is 6.04 Å². The fourth-order valence-electron chi connectivity index (χ4n) is 1.81. The van der Waals surface area contributed by atoms with Crippen molar-refractivity contribution in [2.75, 3.05) is 0 Å². The molecule has 0 amide bonds. The van der Waals surface area contributed by atoms with Gasteiger partial charge in [-0.3, -0.25) is 0 Å². The molecule has 1 aromatic carbocycles. The minimum Gasteiger partial charge on any atom is -0.328 e. The van der Waals surface area contributed by atoms with Crippen molar-refractivity contribution < 1.29 is 0 Å². The summed E-state index contributed by atoms with van der Waals surface area (Å²) in [5, 5.41) is 1.32. The Bertz CT molecular complexity index is 326. The first kappa shape index (κ1) is 13.8. The van der Waals surface area contributed by atoms with Crippen molar-refractivity contribution in [1.82, 2.24) is 0 Å². The van der Waals surface area contributed by atoms with Crippen LogP contribution in [0, 0.1) is 0 Å². The Labute approximate surface area is 108 Å². The smallest absolute Gasteiger partial charge is 0.0624 e. The van der Waals surface area contributed by atoms with Gasteiger partial charge in [-0.2, -0.15) is 0 Å². The van der Waals surface area contributed by atoms with E-state index in [1.807, 2.05) is 18.2 Å². The molecule has 0 spiro atoms. The van der Waals surface area contributed by atoms with Crippen LogP contribution in [0.1, 0.15) is 38.2 Å². The van der Waals surface area contributed by atoms with Crippen LogP contribution in [0.15, 0.2) is 18.2 Å². The van der Waals surface area contributed by atoms with Crippen molar-refractivity contribution >= 4 is 23.2 Å². The summed E-state index contributed by atoms with van der Waals surface area (Å²) in [5.74, 6) is 0. The summed E-state index contributed by atoms with van der Waals surface area (Å²) in [6, 6.07) is 6.11. The molecule has 16 heavy (non-hydrogen) atoms. The predicted molar refractivity (Wildman–Crippen MR) is 72.3 cm³/mol. The highest BCUT2D eigenvalue weighted by molar-refractivity contribution is 6.42. The van der Waals surface area contributed by atoms with Crippen LogP contribution in [-0.2, 0) is 6.42 Å². The third-order valence-electron chi connectivity index (χ3n) is 2.71. The zero-order valence-corrected chi connectivity index (χ0v) is 11.2. The fourth-order valence-corrected chi connectivity index (χ4v) is 2.23. The zero-order chi connectivity index (χ0) is 12.0. The summed E-state index contributed by atoms with van der Waals surface area (Å²) in [6.45, 7) is 2.16. The molecule has 1 nitrogen and oxygen atoms in total. The van der Waals surface area contributed by atoms with E-state index in [-0.39, 0.29) is 0 Å². The maximum absolute atomic E-state index is 6.11. The van der Waals surface area contributed by atoms with Crippen LogP contribution >= 0.6 is 23.2 Å². The summed E-state index contributed by atoms with van der Waals surface area (Å²) in [4.78, 5) is 0. The molecule has 0 radical (unpaired) electrons. The molecule has 0 heterocycles. The molecule has 0 aliphatic carbocycles. The third-order valence-corrected chi connectivity index (χ3v) is 3.57. The topological polar surface area (TPSA) is 26.0 Å². The average Bonchev–Trinajstić information content (AvgIpc) is 2.25. The Kier molecular flexibility index (Phi) is 6.18. The molecule has 0 saturated carbocycles. The van der Waals surface area contributed by atoms with Gasteiger partial charge in [0.1, 0.15) is 0 Å². The highest BCUT2D eigenvalue weighted by Crippen LogP contribution is 2.26. The summed E-state index contributed by atoms with van der Waals surface area (Å²) in [6.07, 6.45) is 5.33. The second-order valence-corrected chi connectivity index (χ2v) is 4.94. The summed E-state index contributed by atoms with van der Waals surface area (Å²) >= 11 is 12.1. The molecule has 1 rings (SSSR count). The summed E-state index contributed by atoms with van der Waals surface area (Å²) in [7, 11) is 0. The molecular weight excluding hydrogens is 241 g/mol. The standard InChI is InChI=1S/C13H19Cl2N/c1-2-5-11(16)8-3-6-10-7-4-9-12(14)13(10)15/h4,7,9,11H,2-3,5-6,8,16H2,1H3. The average molecular weight is 260 g/mol. The normalized spacial score (nSPS) is 12.8. The number of aryl methyl sites for hydroxylation is 1. The first-order valence-corrected chi connectivity index (χ1v) is 6.59. The monoisotopic (exact) mass is 259 g/mol. The molecular formula is C13H19Cl2N. The highest BCUT2D eigenvalue weighted by atomic mass is 35.5. The van der Waals surface area contributed by atoms with Crippen LogP contribution in [0.5, 0.6) is 0 Å². The summed E-state index contributed by atoms with van der Waals surface area (Å²) in [5.41, 5.74) is 7.08. The van der Waals surface area contributed by atoms with Gasteiger partial charge >= 0.3 is 0 Å². The van der Waals surface area contributed by atoms with Gasteiger partial charge in [-0.05, 0) is 37.3 Å². The lowest BCUT2D eigenvalue weighted by Gasteiger charge is -2.10. The van der Waals surface area contributed by atoms with E-state index < -0.39 is 0 Å². The maximum atomic E-state index is 6.11. The van der Waals surface area contributed by atoms with Crippen molar-refractivity contribution in [2.24, 2.45) is 5.73 Å². The number of nitrogens with two attached hydrogens (primary N) is 1. The van der Waals surface area contributed by atoms with Crippen LogP contribution in [0.2, 0.25) is 10.0 Å².